The predicted octanol–water partition coefficient (Wildman–Crippen LogP) is 5.76. The molecular weight excluding hydrogens is 298 g/mol. The maximum Gasteiger partial charge on any atom is 0.416 e. The van der Waals surface area contributed by atoms with Crippen molar-refractivity contribution in [2.75, 3.05) is 5.32 Å². The Balaban J connectivity index is 2.38. The minimum Gasteiger partial charge on any atom is -0.353 e. The largest absolute Gasteiger partial charge is 0.416 e. The average Bonchev–Trinajstić information content (AvgIpc) is 2.33. The number of hydrogen-bond donors (Lipinski definition) is 1. The number of halogens is 5. The van der Waals surface area contributed by atoms with Crippen LogP contribution >= 0.6 is 23.2 Å². The van der Waals surface area contributed by atoms with E-state index in [-0.39, 0.29) is 15.7 Å². The van der Waals surface area contributed by atoms with E-state index in [9.17, 15) is 13.2 Å². The highest BCUT2D eigenvalue weighted by Gasteiger charge is 2.32. The van der Waals surface area contributed by atoms with Gasteiger partial charge in [0.25, 0.3) is 0 Å². The SMILES string of the molecule is FC(F)(F)c1cc(Cl)c(Nc2ccccc2)c(Cl)c1. The molecule has 1 nitrogen and oxygen atoms in total. The van der Waals surface area contributed by atoms with E-state index >= 15 is 0 Å². The topological polar surface area (TPSA) is 12.0 Å². The smallest absolute Gasteiger partial charge is 0.353 e. The van der Waals surface area contributed by atoms with E-state index in [0.29, 0.717) is 5.69 Å². The molecule has 0 aromatic heterocycles. The fourth-order valence-corrected chi connectivity index (χ4v) is 2.10. The summed E-state index contributed by atoms with van der Waals surface area (Å²) in [4.78, 5) is 0. The highest BCUT2D eigenvalue weighted by molar-refractivity contribution is 6.39. The van der Waals surface area contributed by atoms with Gasteiger partial charge < -0.3 is 5.32 Å². The van der Waals surface area contributed by atoms with E-state index in [1.54, 1.807) is 24.3 Å². The molecule has 1 N–H and O–H groups in total. The van der Waals surface area contributed by atoms with Gasteiger partial charge in [-0.15, -0.1) is 0 Å². The van der Waals surface area contributed by atoms with Crippen LogP contribution in [0.4, 0.5) is 24.5 Å². The maximum atomic E-state index is 12.6. The van der Waals surface area contributed by atoms with Crippen molar-refractivity contribution in [3.8, 4) is 0 Å². The number of alkyl halides is 3. The van der Waals surface area contributed by atoms with E-state index in [0.717, 1.165) is 12.1 Å². The van der Waals surface area contributed by atoms with Crippen molar-refractivity contribution in [1.29, 1.82) is 0 Å². The van der Waals surface area contributed by atoms with Crippen LogP contribution in [0.5, 0.6) is 0 Å². The van der Waals surface area contributed by atoms with Crippen LogP contribution in [0.1, 0.15) is 5.56 Å². The zero-order chi connectivity index (χ0) is 14.0. The van der Waals surface area contributed by atoms with Crippen molar-refractivity contribution in [1.82, 2.24) is 0 Å². The van der Waals surface area contributed by atoms with E-state index < -0.39 is 11.7 Å². The van der Waals surface area contributed by atoms with E-state index in [1.165, 1.54) is 0 Å². The van der Waals surface area contributed by atoms with Crippen molar-refractivity contribution >= 4 is 34.6 Å². The molecule has 0 aliphatic rings. The van der Waals surface area contributed by atoms with Crippen molar-refractivity contribution in [2.24, 2.45) is 0 Å². The minimum absolute atomic E-state index is 0.0799. The van der Waals surface area contributed by atoms with Gasteiger partial charge in [-0.2, -0.15) is 13.2 Å². The van der Waals surface area contributed by atoms with Crippen molar-refractivity contribution in [3.05, 3.63) is 58.1 Å². The Morgan fingerprint density at radius 1 is 0.895 bits per heavy atom. The summed E-state index contributed by atoms with van der Waals surface area (Å²) in [5, 5.41) is 2.73. The maximum absolute atomic E-state index is 12.6. The summed E-state index contributed by atoms with van der Waals surface area (Å²) in [7, 11) is 0. The van der Waals surface area contributed by atoms with Gasteiger partial charge in [0.05, 0.1) is 21.3 Å². The second-order valence-electron chi connectivity index (χ2n) is 3.80. The first kappa shape index (κ1) is 14.0. The van der Waals surface area contributed by atoms with Crippen molar-refractivity contribution < 1.29 is 13.2 Å². The van der Waals surface area contributed by atoms with Crippen LogP contribution in [-0.2, 0) is 6.18 Å². The normalized spacial score (nSPS) is 11.4. The fourth-order valence-electron chi connectivity index (χ4n) is 1.52. The van der Waals surface area contributed by atoms with E-state index in [2.05, 4.69) is 5.32 Å². The molecule has 0 saturated carbocycles. The molecule has 0 amide bonds. The summed E-state index contributed by atoms with van der Waals surface area (Å²) in [5.41, 5.74) is 0.0645. The lowest BCUT2D eigenvalue weighted by Crippen LogP contribution is -2.05. The van der Waals surface area contributed by atoms with Crippen LogP contribution < -0.4 is 5.32 Å². The molecule has 0 atom stereocenters. The number of anilines is 2. The number of hydrogen-bond acceptors (Lipinski definition) is 1. The highest BCUT2D eigenvalue weighted by Crippen LogP contribution is 2.39. The minimum atomic E-state index is -4.47. The summed E-state index contributed by atoms with van der Waals surface area (Å²) in [6.07, 6.45) is -4.47. The molecule has 2 rings (SSSR count). The standard InChI is InChI=1S/C13H8Cl2F3N/c14-10-6-8(13(16,17)18)7-11(15)12(10)19-9-4-2-1-3-5-9/h1-7,19H. The zero-order valence-corrected chi connectivity index (χ0v) is 10.9. The molecule has 2 aromatic carbocycles. The first-order valence-corrected chi connectivity index (χ1v) is 6.02. The average molecular weight is 306 g/mol. The molecule has 100 valence electrons. The zero-order valence-electron chi connectivity index (χ0n) is 9.43. The van der Waals surface area contributed by atoms with Gasteiger partial charge in [-0.05, 0) is 24.3 Å². The summed E-state index contributed by atoms with van der Waals surface area (Å²) in [5.74, 6) is 0. The summed E-state index contributed by atoms with van der Waals surface area (Å²) < 4.78 is 37.7. The van der Waals surface area contributed by atoms with Gasteiger partial charge in [0, 0.05) is 5.69 Å². The van der Waals surface area contributed by atoms with E-state index in [4.69, 9.17) is 23.2 Å². The van der Waals surface area contributed by atoms with Gasteiger partial charge in [0.15, 0.2) is 0 Å². The van der Waals surface area contributed by atoms with Crippen LogP contribution in [0.2, 0.25) is 10.0 Å². The second kappa shape index (κ2) is 5.31. The molecule has 0 fully saturated rings. The quantitative estimate of drug-likeness (QED) is 0.744. The number of nitrogens with one attached hydrogen (secondary N) is 1. The van der Waals surface area contributed by atoms with Gasteiger partial charge in [-0.25, -0.2) is 0 Å². The van der Waals surface area contributed by atoms with Crippen LogP contribution in [0, 0.1) is 0 Å². The number of rotatable bonds is 2. The lowest BCUT2D eigenvalue weighted by atomic mass is 10.2. The Labute approximate surface area is 118 Å². The predicted molar refractivity (Wildman–Crippen MR) is 71.2 cm³/mol. The Morgan fingerprint density at radius 2 is 1.42 bits per heavy atom. The molecule has 0 aliphatic carbocycles. The van der Waals surface area contributed by atoms with Crippen LogP contribution in [0.15, 0.2) is 42.5 Å². The molecule has 0 radical (unpaired) electrons. The Bertz CT molecular complexity index is 559. The highest BCUT2D eigenvalue weighted by atomic mass is 35.5. The van der Waals surface area contributed by atoms with Crippen molar-refractivity contribution in [3.63, 3.8) is 0 Å². The van der Waals surface area contributed by atoms with Crippen molar-refractivity contribution in [2.45, 2.75) is 6.18 Å². The molecule has 2 aromatic rings. The van der Waals surface area contributed by atoms with Crippen LogP contribution in [0.3, 0.4) is 0 Å². The lowest BCUT2D eigenvalue weighted by molar-refractivity contribution is -0.137. The molecule has 0 aliphatic heterocycles. The lowest BCUT2D eigenvalue weighted by Gasteiger charge is -2.13. The third kappa shape index (κ3) is 3.33. The molecule has 19 heavy (non-hydrogen) atoms. The van der Waals surface area contributed by atoms with Gasteiger partial charge in [-0.3, -0.25) is 0 Å². The van der Waals surface area contributed by atoms with Gasteiger partial charge in [-0.1, -0.05) is 41.4 Å². The van der Waals surface area contributed by atoms with Gasteiger partial charge in [0.1, 0.15) is 0 Å². The molecule has 0 saturated heterocycles. The second-order valence-corrected chi connectivity index (χ2v) is 4.62. The van der Waals surface area contributed by atoms with Crippen LogP contribution in [0.25, 0.3) is 0 Å². The third-order valence-corrected chi connectivity index (χ3v) is 3.01. The summed E-state index contributed by atoms with van der Waals surface area (Å²) in [6.45, 7) is 0. The Kier molecular flexibility index (Phi) is 3.92. The molecule has 0 unspecified atom stereocenters. The molecule has 6 heteroatoms. The van der Waals surface area contributed by atoms with Gasteiger partial charge in [0.2, 0.25) is 0 Å². The first-order chi connectivity index (χ1) is 8.88. The molecular formula is C13H8Cl2F3N. The van der Waals surface area contributed by atoms with Gasteiger partial charge >= 0.3 is 6.18 Å². The van der Waals surface area contributed by atoms with E-state index in [1.807, 2.05) is 6.07 Å². The molecule has 0 spiro atoms. The molecule has 0 heterocycles. The monoisotopic (exact) mass is 305 g/mol. The molecule has 0 bridgehead atoms. The third-order valence-electron chi connectivity index (χ3n) is 2.41. The number of benzene rings is 2. The summed E-state index contributed by atoms with van der Waals surface area (Å²) >= 11 is 11.7. The van der Waals surface area contributed by atoms with Crippen LogP contribution in [-0.4, -0.2) is 0 Å². The Hall–Kier alpha value is -1.39. The Morgan fingerprint density at radius 3 is 1.89 bits per heavy atom. The fraction of sp³-hybridized carbons (Fsp3) is 0.0769. The number of para-hydroxylation sites is 1. The summed E-state index contributed by atoms with van der Waals surface area (Å²) in [6, 6.07) is 10.6. The first-order valence-electron chi connectivity index (χ1n) is 5.26.